The van der Waals surface area contributed by atoms with Crippen LogP contribution in [-0.2, 0) is 21.4 Å². The van der Waals surface area contributed by atoms with Crippen LogP contribution in [0.25, 0.3) is 0 Å². The fraction of sp³-hybridized carbons (Fsp3) is 0.500. The van der Waals surface area contributed by atoms with Gasteiger partial charge in [-0.15, -0.1) is 0 Å². The zero-order chi connectivity index (χ0) is 15.5. The SMILES string of the molecule is NC1CCCC(C(=O)NCc2ccc(S(N)(=O)=O)cc2)C1. The van der Waals surface area contributed by atoms with Crippen LogP contribution in [0.5, 0.6) is 0 Å². The number of nitrogens with one attached hydrogen (secondary N) is 1. The van der Waals surface area contributed by atoms with Crippen molar-refractivity contribution in [3.63, 3.8) is 0 Å². The standard InChI is InChI=1S/C14H21N3O3S/c15-12-3-1-2-11(8-12)14(18)17-9-10-4-6-13(7-5-10)21(16,19)20/h4-7,11-12H,1-3,8-9,15H2,(H,17,18)(H2,16,19,20). The van der Waals surface area contributed by atoms with Gasteiger partial charge in [-0.25, -0.2) is 13.6 Å². The molecule has 2 unspecified atom stereocenters. The summed E-state index contributed by atoms with van der Waals surface area (Å²) in [6, 6.07) is 6.28. The topological polar surface area (TPSA) is 115 Å². The molecule has 0 spiro atoms. The van der Waals surface area contributed by atoms with E-state index in [-0.39, 0.29) is 22.8 Å². The Hall–Kier alpha value is -1.44. The van der Waals surface area contributed by atoms with E-state index in [1.807, 2.05) is 0 Å². The average Bonchev–Trinajstić information content (AvgIpc) is 2.44. The highest BCUT2D eigenvalue weighted by molar-refractivity contribution is 7.89. The number of sulfonamides is 1. The first-order valence-corrected chi connectivity index (χ1v) is 8.56. The van der Waals surface area contributed by atoms with Gasteiger partial charge in [0.25, 0.3) is 0 Å². The number of carbonyl (C=O) groups excluding carboxylic acids is 1. The third-order valence-electron chi connectivity index (χ3n) is 3.80. The zero-order valence-corrected chi connectivity index (χ0v) is 12.6. The molecule has 0 radical (unpaired) electrons. The quantitative estimate of drug-likeness (QED) is 0.749. The highest BCUT2D eigenvalue weighted by Crippen LogP contribution is 2.23. The van der Waals surface area contributed by atoms with Crippen molar-refractivity contribution < 1.29 is 13.2 Å². The van der Waals surface area contributed by atoms with Crippen molar-refractivity contribution in [3.05, 3.63) is 29.8 Å². The molecule has 0 aliphatic heterocycles. The molecule has 0 aromatic heterocycles. The second-order valence-corrected chi connectivity index (χ2v) is 7.09. The van der Waals surface area contributed by atoms with Crippen LogP contribution in [0.3, 0.4) is 0 Å². The molecule has 2 rings (SSSR count). The molecule has 2 atom stereocenters. The van der Waals surface area contributed by atoms with Crippen molar-refractivity contribution in [3.8, 4) is 0 Å². The minimum atomic E-state index is -3.68. The number of amides is 1. The minimum absolute atomic E-state index is 0.0145. The van der Waals surface area contributed by atoms with E-state index in [0.29, 0.717) is 6.54 Å². The molecule has 1 aliphatic carbocycles. The molecule has 1 aliphatic rings. The molecule has 6 nitrogen and oxygen atoms in total. The van der Waals surface area contributed by atoms with Crippen molar-refractivity contribution >= 4 is 15.9 Å². The number of rotatable bonds is 4. The van der Waals surface area contributed by atoms with E-state index in [1.54, 1.807) is 12.1 Å². The van der Waals surface area contributed by atoms with Gasteiger partial charge in [-0.3, -0.25) is 4.79 Å². The molecule has 0 saturated heterocycles. The van der Waals surface area contributed by atoms with E-state index < -0.39 is 10.0 Å². The summed E-state index contributed by atoms with van der Waals surface area (Å²) in [5, 5.41) is 7.90. The van der Waals surface area contributed by atoms with Gasteiger partial charge in [0.1, 0.15) is 0 Å². The van der Waals surface area contributed by atoms with Gasteiger partial charge in [0.2, 0.25) is 15.9 Å². The van der Waals surface area contributed by atoms with Crippen molar-refractivity contribution in [1.29, 1.82) is 0 Å². The van der Waals surface area contributed by atoms with E-state index in [0.717, 1.165) is 31.2 Å². The monoisotopic (exact) mass is 311 g/mol. The first-order chi connectivity index (χ1) is 9.86. The van der Waals surface area contributed by atoms with Crippen LogP contribution < -0.4 is 16.2 Å². The summed E-state index contributed by atoms with van der Waals surface area (Å²) < 4.78 is 22.3. The first-order valence-electron chi connectivity index (χ1n) is 7.01. The molecule has 7 heteroatoms. The molecule has 1 amide bonds. The molecule has 1 saturated carbocycles. The summed E-state index contributed by atoms with van der Waals surface area (Å²) in [5.41, 5.74) is 6.71. The van der Waals surface area contributed by atoms with Crippen LogP contribution in [0.4, 0.5) is 0 Å². The number of primary sulfonamides is 1. The van der Waals surface area contributed by atoms with Crippen molar-refractivity contribution in [2.45, 2.75) is 43.2 Å². The Morgan fingerprint density at radius 3 is 2.48 bits per heavy atom. The predicted octanol–water partition coefficient (Wildman–Crippen LogP) is 0.468. The van der Waals surface area contributed by atoms with E-state index in [4.69, 9.17) is 10.9 Å². The Labute approximate surface area is 124 Å². The van der Waals surface area contributed by atoms with E-state index in [1.165, 1.54) is 12.1 Å². The molecule has 0 heterocycles. The minimum Gasteiger partial charge on any atom is -0.352 e. The Balaban J connectivity index is 1.89. The summed E-state index contributed by atoms with van der Waals surface area (Å²) in [6.07, 6.45) is 3.58. The molecule has 5 N–H and O–H groups in total. The van der Waals surface area contributed by atoms with Gasteiger partial charge in [-0.05, 0) is 37.0 Å². The van der Waals surface area contributed by atoms with E-state index in [9.17, 15) is 13.2 Å². The summed E-state index contributed by atoms with van der Waals surface area (Å²) in [5.74, 6) is -0.00174. The maximum atomic E-state index is 12.1. The number of benzene rings is 1. The number of nitrogens with two attached hydrogens (primary N) is 2. The summed E-state index contributed by atoms with van der Waals surface area (Å²) >= 11 is 0. The van der Waals surface area contributed by atoms with Crippen molar-refractivity contribution in [2.75, 3.05) is 0 Å². The van der Waals surface area contributed by atoms with Crippen LogP contribution in [-0.4, -0.2) is 20.4 Å². The van der Waals surface area contributed by atoms with Crippen LogP contribution in [0, 0.1) is 5.92 Å². The highest BCUT2D eigenvalue weighted by Gasteiger charge is 2.24. The molecular formula is C14H21N3O3S. The second-order valence-electron chi connectivity index (χ2n) is 5.53. The molecule has 1 aromatic carbocycles. The molecule has 21 heavy (non-hydrogen) atoms. The van der Waals surface area contributed by atoms with Gasteiger partial charge in [0, 0.05) is 18.5 Å². The summed E-state index contributed by atoms with van der Waals surface area (Å²) in [7, 11) is -3.68. The van der Waals surface area contributed by atoms with Gasteiger partial charge in [0.15, 0.2) is 0 Å². The van der Waals surface area contributed by atoms with Gasteiger partial charge < -0.3 is 11.1 Å². The Morgan fingerprint density at radius 1 is 1.24 bits per heavy atom. The largest absolute Gasteiger partial charge is 0.352 e. The van der Waals surface area contributed by atoms with Gasteiger partial charge in [-0.1, -0.05) is 18.6 Å². The lowest BCUT2D eigenvalue weighted by atomic mass is 9.85. The average molecular weight is 311 g/mol. The lowest BCUT2D eigenvalue weighted by Gasteiger charge is -2.25. The van der Waals surface area contributed by atoms with Crippen LogP contribution in [0.15, 0.2) is 29.2 Å². The molecule has 0 bridgehead atoms. The zero-order valence-electron chi connectivity index (χ0n) is 11.8. The second kappa shape index (κ2) is 6.55. The van der Waals surface area contributed by atoms with Crippen molar-refractivity contribution in [2.24, 2.45) is 16.8 Å². The molecule has 1 aromatic rings. The fourth-order valence-electron chi connectivity index (χ4n) is 2.60. The van der Waals surface area contributed by atoms with Crippen LogP contribution >= 0.6 is 0 Å². The van der Waals surface area contributed by atoms with Gasteiger partial charge >= 0.3 is 0 Å². The molecule has 116 valence electrons. The third kappa shape index (κ3) is 4.52. The smallest absolute Gasteiger partial charge is 0.238 e. The highest BCUT2D eigenvalue weighted by atomic mass is 32.2. The lowest BCUT2D eigenvalue weighted by molar-refractivity contribution is -0.126. The number of hydrogen-bond donors (Lipinski definition) is 3. The maximum absolute atomic E-state index is 12.1. The van der Waals surface area contributed by atoms with Crippen molar-refractivity contribution in [1.82, 2.24) is 5.32 Å². The van der Waals surface area contributed by atoms with Crippen LogP contribution in [0.1, 0.15) is 31.2 Å². The number of carbonyl (C=O) groups is 1. The first kappa shape index (κ1) is 15.9. The van der Waals surface area contributed by atoms with E-state index in [2.05, 4.69) is 5.32 Å². The Bertz CT molecular complexity index is 598. The molecular weight excluding hydrogens is 290 g/mol. The Morgan fingerprint density at radius 2 is 1.90 bits per heavy atom. The van der Waals surface area contributed by atoms with Gasteiger partial charge in [0.05, 0.1) is 4.90 Å². The van der Waals surface area contributed by atoms with Gasteiger partial charge in [-0.2, -0.15) is 0 Å². The van der Waals surface area contributed by atoms with E-state index >= 15 is 0 Å². The normalized spacial score (nSPS) is 22.8. The summed E-state index contributed by atoms with van der Waals surface area (Å²) in [4.78, 5) is 12.1. The fourth-order valence-corrected chi connectivity index (χ4v) is 3.11. The molecule has 1 fully saturated rings. The van der Waals surface area contributed by atoms with Crippen LogP contribution in [0.2, 0.25) is 0 Å². The third-order valence-corrected chi connectivity index (χ3v) is 4.73. The maximum Gasteiger partial charge on any atom is 0.238 e. The lowest BCUT2D eigenvalue weighted by Crippen LogP contribution is -2.37. The predicted molar refractivity (Wildman–Crippen MR) is 79.6 cm³/mol. The summed E-state index contributed by atoms with van der Waals surface area (Å²) in [6.45, 7) is 0.371. The Kier molecular flexibility index (Phi) is 4.97. The number of hydrogen-bond acceptors (Lipinski definition) is 4.